The molecule has 0 fully saturated rings. The minimum absolute atomic E-state index is 0.191. The summed E-state index contributed by atoms with van der Waals surface area (Å²) in [6, 6.07) is 0. The summed E-state index contributed by atoms with van der Waals surface area (Å²) in [4.78, 5) is 0.191. The molecule has 0 aliphatic carbocycles. The van der Waals surface area contributed by atoms with E-state index >= 15 is 0 Å². The molecule has 2 N–H and O–H groups in total. The van der Waals surface area contributed by atoms with Crippen molar-refractivity contribution in [2.24, 2.45) is 0 Å². The molecule has 0 radical (unpaired) electrons. The molecule has 0 aliphatic heterocycles. The van der Waals surface area contributed by atoms with Crippen molar-refractivity contribution in [3.05, 3.63) is 12.4 Å². The van der Waals surface area contributed by atoms with Crippen LogP contribution in [0.2, 0.25) is 0 Å². The largest absolute Gasteiger partial charge is 0.284 e. The topological polar surface area (TPSA) is 74.8 Å². The second-order valence-electron chi connectivity index (χ2n) is 3.39. The number of unbranched alkanes of at least 4 members (excludes halogenated alkanes) is 2. The fourth-order valence-corrected chi connectivity index (χ4v) is 2.70. The van der Waals surface area contributed by atoms with E-state index in [1.54, 1.807) is 0 Å². The quantitative estimate of drug-likeness (QED) is 0.692. The van der Waals surface area contributed by atoms with Gasteiger partial charge < -0.3 is 0 Å². The van der Waals surface area contributed by atoms with Gasteiger partial charge in [0, 0.05) is 12.7 Å². The number of hydrogen-bond donors (Lipinski definition) is 2. The van der Waals surface area contributed by atoms with Crippen LogP contribution in [0.5, 0.6) is 0 Å². The predicted molar refractivity (Wildman–Crippen MR) is 66.0 cm³/mol. The lowest BCUT2D eigenvalue weighted by atomic mass is 10.2. The molecule has 0 amide bonds. The summed E-state index contributed by atoms with van der Waals surface area (Å²) >= 11 is 1.81. The summed E-state index contributed by atoms with van der Waals surface area (Å²) < 4.78 is 25.8. The third-order valence-corrected chi connectivity index (χ3v) is 4.23. The Kier molecular flexibility index (Phi) is 5.86. The molecular weight excluding hydrogens is 246 g/mol. The van der Waals surface area contributed by atoms with Gasteiger partial charge in [0.05, 0.1) is 6.20 Å². The molecule has 1 aromatic rings. The Balaban J connectivity index is 2.22. The van der Waals surface area contributed by atoms with Crippen molar-refractivity contribution >= 4 is 21.8 Å². The number of hydrogen-bond acceptors (Lipinski definition) is 4. The minimum atomic E-state index is -3.36. The van der Waals surface area contributed by atoms with E-state index in [1.807, 2.05) is 11.8 Å². The minimum Gasteiger partial charge on any atom is -0.284 e. The van der Waals surface area contributed by atoms with Crippen molar-refractivity contribution in [2.75, 3.05) is 18.6 Å². The van der Waals surface area contributed by atoms with Crippen molar-refractivity contribution in [3.63, 3.8) is 0 Å². The van der Waals surface area contributed by atoms with Gasteiger partial charge in [0.2, 0.25) is 10.0 Å². The number of rotatable bonds is 8. The van der Waals surface area contributed by atoms with E-state index in [1.165, 1.54) is 12.4 Å². The third kappa shape index (κ3) is 4.54. The van der Waals surface area contributed by atoms with Gasteiger partial charge in [-0.2, -0.15) is 16.9 Å². The predicted octanol–water partition coefficient (Wildman–Crippen LogP) is 1.22. The van der Waals surface area contributed by atoms with Crippen LogP contribution in [0.1, 0.15) is 19.3 Å². The summed E-state index contributed by atoms with van der Waals surface area (Å²) in [5.74, 6) is 1.13. The van der Waals surface area contributed by atoms with Crippen molar-refractivity contribution < 1.29 is 8.42 Å². The Morgan fingerprint density at radius 2 is 2.25 bits per heavy atom. The molecule has 0 atom stereocenters. The van der Waals surface area contributed by atoms with Crippen LogP contribution in [-0.4, -0.2) is 37.2 Å². The molecule has 0 unspecified atom stereocenters. The van der Waals surface area contributed by atoms with Crippen LogP contribution in [0.15, 0.2) is 17.3 Å². The van der Waals surface area contributed by atoms with Gasteiger partial charge in [0.25, 0.3) is 0 Å². The van der Waals surface area contributed by atoms with Gasteiger partial charge >= 0.3 is 0 Å². The molecule has 0 bridgehead atoms. The zero-order chi connectivity index (χ0) is 11.9. The second-order valence-corrected chi connectivity index (χ2v) is 6.14. The van der Waals surface area contributed by atoms with Gasteiger partial charge in [-0.05, 0) is 24.9 Å². The highest BCUT2D eigenvalue weighted by molar-refractivity contribution is 7.98. The molecule has 0 aromatic carbocycles. The first-order valence-electron chi connectivity index (χ1n) is 5.14. The van der Waals surface area contributed by atoms with Gasteiger partial charge in [-0.15, -0.1) is 0 Å². The Hall–Kier alpha value is -0.530. The van der Waals surface area contributed by atoms with Crippen molar-refractivity contribution in [2.45, 2.75) is 24.2 Å². The first-order chi connectivity index (χ1) is 7.67. The highest BCUT2D eigenvalue weighted by atomic mass is 32.2. The van der Waals surface area contributed by atoms with Crippen molar-refractivity contribution in [1.82, 2.24) is 14.9 Å². The summed E-state index contributed by atoms with van der Waals surface area (Å²) in [5, 5.41) is 6.09. The number of nitrogens with one attached hydrogen (secondary N) is 2. The van der Waals surface area contributed by atoms with E-state index in [0.29, 0.717) is 6.54 Å². The number of aromatic nitrogens is 2. The Labute approximate surface area is 100 Å². The van der Waals surface area contributed by atoms with Gasteiger partial charge in [0.15, 0.2) is 0 Å². The van der Waals surface area contributed by atoms with Crippen LogP contribution in [0.3, 0.4) is 0 Å². The van der Waals surface area contributed by atoms with Crippen molar-refractivity contribution in [1.29, 1.82) is 0 Å². The molecule has 1 aromatic heterocycles. The average Bonchev–Trinajstić information content (AvgIpc) is 2.77. The summed E-state index contributed by atoms with van der Waals surface area (Å²) in [7, 11) is -3.36. The molecule has 92 valence electrons. The highest BCUT2D eigenvalue weighted by Crippen LogP contribution is 2.05. The number of aromatic amines is 1. The van der Waals surface area contributed by atoms with Crippen LogP contribution in [0, 0.1) is 0 Å². The fourth-order valence-electron chi connectivity index (χ4n) is 1.22. The Morgan fingerprint density at radius 3 is 2.88 bits per heavy atom. The van der Waals surface area contributed by atoms with Crippen molar-refractivity contribution in [3.8, 4) is 0 Å². The highest BCUT2D eigenvalue weighted by Gasteiger charge is 2.13. The van der Waals surface area contributed by atoms with Crippen LogP contribution < -0.4 is 4.72 Å². The molecule has 0 aliphatic rings. The normalized spacial score (nSPS) is 11.8. The zero-order valence-electron chi connectivity index (χ0n) is 9.27. The maximum Gasteiger partial charge on any atom is 0.243 e. The molecule has 0 saturated heterocycles. The van der Waals surface area contributed by atoms with E-state index in [9.17, 15) is 8.42 Å². The molecule has 7 heteroatoms. The third-order valence-electron chi connectivity index (χ3n) is 2.10. The lowest BCUT2D eigenvalue weighted by molar-refractivity contribution is 0.576. The van der Waals surface area contributed by atoms with E-state index in [0.717, 1.165) is 25.0 Å². The molecule has 0 saturated carbocycles. The SMILES string of the molecule is CSCCCCCNS(=O)(=O)c1cn[nH]c1. The molecule has 1 heterocycles. The maximum atomic E-state index is 11.6. The molecule has 0 spiro atoms. The molecular formula is C9H17N3O2S2. The summed E-state index contributed by atoms with van der Waals surface area (Å²) in [5.41, 5.74) is 0. The smallest absolute Gasteiger partial charge is 0.243 e. The summed E-state index contributed by atoms with van der Waals surface area (Å²) in [6.45, 7) is 0.488. The van der Waals surface area contributed by atoms with Crippen LogP contribution in [0.4, 0.5) is 0 Å². The van der Waals surface area contributed by atoms with E-state index in [2.05, 4.69) is 21.2 Å². The van der Waals surface area contributed by atoms with Crippen LogP contribution in [0.25, 0.3) is 0 Å². The van der Waals surface area contributed by atoms with Crippen LogP contribution in [-0.2, 0) is 10.0 Å². The number of sulfonamides is 1. The fraction of sp³-hybridized carbons (Fsp3) is 0.667. The van der Waals surface area contributed by atoms with E-state index in [4.69, 9.17) is 0 Å². The van der Waals surface area contributed by atoms with Gasteiger partial charge in [-0.1, -0.05) is 6.42 Å². The Bertz CT molecular complexity index is 375. The zero-order valence-corrected chi connectivity index (χ0v) is 10.9. The lowest BCUT2D eigenvalue weighted by Crippen LogP contribution is -2.24. The molecule has 1 rings (SSSR count). The van der Waals surface area contributed by atoms with E-state index in [-0.39, 0.29) is 4.90 Å². The molecule has 5 nitrogen and oxygen atoms in total. The second kappa shape index (κ2) is 6.93. The monoisotopic (exact) mass is 263 g/mol. The van der Waals surface area contributed by atoms with Gasteiger partial charge in [0.1, 0.15) is 4.90 Å². The maximum absolute atomic E-state index is 11.6. The van der Waals surface area contributed by atoms with Gasteiger partial charge in [-0.25, -0.2) is 13.1 Å². The molecule has 16 heavy (non-hydrogen) atoms. The van der Waals surface area contributed by atoms with Gasteiger partial charge in [-0.3, -0.25) is 5.10 Å². The number of H-pyrrole nitrogens is 1. The first-order valence-corrected chi connectivity index (χ1v) is 8.02. The summed E-state index contributed by atoms with van der Waals surface area (Å²) in [6.07, 6.45) is 7.80. The number of nitrogens with zero attached hydrogens (tertiary/aromatic N) is 1. The number of thioether (sulfide) groups is 1. The standard InChI is InChI=1S/C9H17N3O2S2/c1-15-6-4-2-3-5-12-16(13,14)9-7-10-11-8-9/h7-8,12H,2-6H2,1H3,(H,10,11). The average molecular weight is 263 g/mol. The Morgan fingerprint density at radius 1 is 1.44 bits per heavy atom. The van der Waals surface area contributed by atoms with E-state index < -0.39 is 10.0 Å². The first kappa shape index (κ1) is 13.5. The lowest BCUT2D eigenvalue weighted by Gasteiger charge is -2.03. The van der Waals surface area contributed by atoms with Crippen LogP contribution >= 0.6 is 11.8 Å².